The Morgan fingerprint density at radius 2 is 2.00 bits per heavy atom. The first-order valence-corrected chi connectivity index (χ1v) is 10.2. The summed E-state index contributed by atoms with van der Waals surface area (Å²) in [5, 5.41) is 30.9. The van der Waals surface area contributed by atoms with Crippen molar-refractivity contribution in [3.63, 3.8) is 0 Å². The van der Waals surface area contributed by atoms with E-state index in [-0.39, 0.29) is 24.0 Å². The van der Waals surface area contributed by atoms with Crippen LogP contribution >= 0.6 is 0 Å². The van der Waals surface area contributed by atoms with Crippen molar-refractivity contribution in [1.29, 1.82) is 0 Å². The van der Waals surface area contributed by atoms with Gasteiger partial charge in [-0.1, -0.05) is 25.5 Å². The Hall–Kier alpha value is -1.53. The number of carbonyl (C=O) groups excluding carboxylic acids is 1. The average Bonchev–Trinajstić information content (AvgIpc) is 2.86. The number of allylic oxidation sites excluding steroid dienone is 4. The lowest BCUT2D eigenvalue weighted by Gasteiger charge is -2.62. The normalized spacial score (nSPS) is 51.0. The summed E-state index contributed by atoms with van der Waals surface area (Å²) in [7, 11) is 0. The summed E-state index contributed by atoms with van der Waals surface area (Å²) in [6, 6.07) is 0. The van der Waals surface area contributed by atoms with E-state index in [1.54, 1.807) is 13.0 Å². The van der Waals surface area contributed by atoms with Crippen LogP contribution < -0.4 is 0 Å². The zero-order chi connectivity index (χ0) is 20.6. The quantitative estimate of drug-likeness (QED) is 0.672. The van der Waals surface area contributed by atoms with Gasteiger partial charge in [0.15, 0.2) is 17.6 Å². The summed E-state index contributed by atoms with van der Waals surface area (Å²) in [5.41, 5.74) is -2.88. The van der Waals surface area contributed by atoms with Crippen LogP contribution in [0, 0.1) is 34.5 Å². The lowest BCUT2D eigenvalue weighted by Crippen LogP contribution is -2.67. The highest BCUT2D eigenvalue weighted by atomic mass is 19.1. The van der Waals surface area contributed by atoms with E-state index in [2.05, 4.69) is 0 Å². The van der Waals surface area contributed by atoms with Crippen LogP contribution in [0.4, 0.5) is 4.39 Å². The van der Waals surface area contributed by atoms with Gasteiger partial charge < -0.3 is 15.3 Å². The molecule has 4 aliphatic carbocycles. The van der Waals surface area contributed by atoms with Gasteiger partial charge in [0.2, 0.25) is 0 Å². The van der Waals surface area contributed by atoms with Crippen molar-refractivity contribution in [3.8, 4) is 0 Å². The molecule has 3 N–H and O–H groups in total. The number of carboxylic acid groups (broad SMARTS) is 1. The molecule has 9 atom stereocenters. The van der Waals surface area contributed by atoms with Gasteiger partial charge in [0.25, 0.3) is 0 Å². The number of ketones is 1. The summed E-state index contributed by atoms with van der Waals surface area (Å²) in [5.74, 6) is -2.59. The van der Waals surface area contributed by atoms with Crippen molar-refractivity contribution in [1.82, 2.24) is 0 Å². The van der Waals surface area contributed by atoms with Crippen LogP contribution in [-0.2, 0) is 9.59 Å². The Labute approximate surface area is 164 Å². The maximum atomic E-state index is 16.8. The second-order valence-corrected chi connectivity index (χ2v) is 9.87. The van der Waals surface area contributed by atoms with E-state index < -0.39 is 46.5 Å². The molecule has 0 heterocycles. The number of aliphatic hydroxyl groups is 2. The summed E-state index contributed by atoms with van der Waals surface area (Å²) >= 11 is 0. The molecule has 0 aromatic rings. The van der Waals surface area contributed by atoms with E-state index in [0.717, 1.165) is 5.57 Å². The number of rotatable bonds is 2. The SMILES string of the molecule is C[C@H]1C[C@H]2[C@@H]3CCC4=CC(=O)C=C[C@]4(C)[C@@]3(F)[C@@H](O)C[C@]2(C)[C@@H]1[C@@H](O)C(=O)O. The van der Waals surface area contributed by atoms with Crippen molar-refractivity contribution >= 4 is 11.8 Å². The summed E-state index contributed by atoms with van der Waals surface area (Å²) in [6.07, 6.45) is 3.53. The molecule has 0 radical (unpaired) electrons. The van der Waals surface area contributed by atoms with Gasteiger partial charge >= 0.3 is 5.97 Å². The Bertz CT molecular complexity index is 790. The highest BCUT2D eigenvalue weighted by Crippen LogP contribution is 2.70. The highest BCUT2D eigenvalue weighted by Gasteiger charge is 2.71. The summed E-state index contributed by atoms with van der Waals surface area (Å²) < 4.78 is 16.8. The topological polar surface area (TPSA) is 94.8 Å². The van der Waals surface area contributed by atoms with Gasteiger partial charge in [0.1, 0.15) is 0 Å². The van der Waals surface area contributed by atoms with E-state index >= 15 is 4.39 Å². The maximum absolute atomic E-state index is 16.8. The number of halogens is 1. The van der Waals surface area contributed by atoms with Crippen LogP contribution in [0.3, 0.4) is 0 Å². The molecule has 0 aliphatic heterocycles. The second kappa shape index (κ2) is 5.99. The molecule has 28 heavy (non-hydrogen) atoms. The van der Waals surface area contributed by atoms with Crippen molar-refractivity contribution in [2.75, 3.05) is 0 Å². The second-order valence-electron chi connectivity index (χ2n) is 9.87. The van der Waals surface area contributed by atoms with Gasteiger partial charge in [-0.2, -0.15) is 0 Å². The van der Waals surface area contributed by atoms with Crippen molar-refractivity contribution < 1.29 is 29.3 Å². The zero-order valence-electron chi connectivity index (χ0n) is 16.6. The molecule has 3 fully saturated rings. The number of aliphatic carboxylic acids is 1. The van der Waals surface area contributed by atoms with Gasteiger partial charge in [0, 0.05) is 17.3 Å². The smallest absolute Gasteiger partial charge is 0.332 e. The number of hydrogen-bond donors (Lipinski definition) is 3. The van der Waals surface area contributed by atoms with Crippen LogP contribution in [0.25, 0.3) is 0 Å². The van der Waals surface area contributed by atoms with Crippen LogP contribution in [0.1, 0.15) is 46.5 Å². The standard InChI is InChI=1S/C22H29FO5/c1-11-8-15-14-5-4-12-9-13(24)6-7-21(12,3)22(14,23)16(25)10-20(15,2)17(11)18(26)19(27)28/h6-7,9,11,14-18,25-26H,4-5,8,10H2,1-3H3,(H,27,28)/t11-,14-,15-,16-,17-,18+,20-,21-,22-/m0/s1. The van der Waals surface area contributed by atoms with E-state index in [4.69, 9.17) is 0 Å². The number of aliphatic hydroxyl groups excluding tert-OH is 2. The Balaban J connectivity index is 1.79. The third kappa shape index (κ3) is 2.25. The Kier molecular flexibility index (Phi) is 4.23. The predicted octanol–water partition coefficient (Wildman–Crippen LogP) is 2.66. The molecular formula is C22H29FO5. The molecule has 0 amide bonds. The van der Waals surface area contributed by atoms with E-state index in [9.17, 15) is 24.9 Å². The fourth-order valence-electron chi connectivity index (χ4n) is 7.44. The van der Waals surface area contributed by atoms with Crippen LogP contribution in [-0.4, -0.2) is 44.9 Å². The molecule has 3 saturated carbocycles. The molecule has 0 unspecified atom stereocenters. The van der Waals surface area contributed by atoms with Gasteiger partial charge in [-0.05, 0) is 62.0 Å². The minimum Gasteiger partial charge on any atom is -0.479 e. The minimum atomic E-state index is -1.92. The average molecular weight is 392 g/mol. The molecule has 0 saturated heterocycles. The predicted molar refractivity (Wildman–Crippen MR) is 100 cm³/mol. The monoisotopic (exact) mass is 392 g/mol. The molecule has 0 bridgehead atoms. The van der Waals surface area contributed by atoms with Crippen molar-refractivity contribution in [2.24, 2.45) is 34.5 Å². The fraction of sp³-hybridized carbons (Fsp3) is 0.727. The number of fused-ring (bicyclic) bond motifs is 5. The van der Waals surface area contributed by atoms with Crippen molar-refractivity contribution in [2.45, 2.75) is 64.3 Å². The molecule has 4 aliphatic rings. The van der Waals surface area contributed by atoms with Gasteiger partial charge in [-0.25, -0.2) is 9.18 Å². The third-order valence-corrected chi connectivity index (χ3v) is 8.67. The van der Waals surface area contributed by atoms with Crippen LogP contribution in [0.5, 0.6) is 0 Å². The molecule has 0 aromatic carbocycles. The van der Waals surface area contributed by atoms with Gasteiger partial charge in [-0.15, -0.1) is 0 Å². The Morgan fingerprint density at radius 1 is 1.32 bits per heavy atom. The van der Waals surface area contributed by atoms with E-state index in [0.29, 0.717) is 19.3 Å². The van der Waals surface area contributed by atoms with Crippen LogP contribution in [0.2, 0.25) is 0 Å². The number of hydrogen-bond acceptors (Lipinski definition) is 4. The zero-order valence-corrected chi connectivity index (χ0v) is 16.6. The first kappa shape index (κ1) is 19.8. The van der Waals surface area contributed by atoms with Gasteiger partial charge in [-0.3, -0.25) is 4.79 Å². The molecule has 0 aromatic heterocycles. The van der Waals surface area contributed by atoms with Crippen LogP contribution in [0.15, 0.2) is 23.8 Å². The van der Waals surface area contributed by atoms with E-state index in [1.165, 1.54) is 12.2 Å². The lowest BCUT2D eigenvalue weighted by molar-refractivity contribution is -0.202. The highest BCUT2D eigenvalue weighted by molar-refractivity contribution is 6.01. The first-order chi connectivity index (χ1) is 13.0. The third-order valence-electron chi connectivity index (χ3n) is 8.67. The maximum Gasteiger partial charge on any atom is 0.332 e. The molecule has 4 rings (SSSR count). The number of carbonyl (C=O) groups is 2. The molecule has 154 valence electrons. The fourth-order valence-corrected chi connectivity index (χ4v) is 7.44. The number of alkyl halides is 1. The summed E-state index contributed by atoms with van der Waals surface area (Å²) in [4.78, 5) is 23.3. The molecular weight excluding hydrogens is 363 g/mol. The summed E-state index contributed by atoms with van der Waals surface area (Å²) in [6.45, 7) is 5.60. The van der Waals surface area contributed by atoms with Gasteiger partial charge in [0.05, 0.1) is 6.10 Å². The molecule has 5 nitrogen and oxygen atoms in total. The molecule has 6 heteroatoms. The lowest BCUT2D eigenvalue weighted by atomic mass is 9.45. The van der Waals surface area contributed by atoms with E-state index in [1.807, 2.05) is 13.8 Å². The largest absolute Gasteiger partial charge is 0.479 e. The first-order valence-electron chi connectivity index (χ1n) is 10.2. The minimum absolute atomic E-state index is 0.0797. The molecule has 0 spiro atoms. The number of carboxylic acids is 1. The van der Waals surface area contributed by atoms with Crippen molar-refractivity contribution in [3.05, 3.63) is 23.8 Å². The Morgan fingerprint density at radius 3 is 2.64 bits per heavy atom.